The number of carbonyl (C=O) groups is 1. The number of phenolic OH excluding ortho intramolecular Hbond substituents is 1. The van der Waals surface area contributed by atoms with Crippen molar-refractivity contribution in [2.24, 2.45) is 5.18 Å². The summed E-state index contributed by atoms with van der Waals surface area (Å²) in [4.78, 5) is 22.2. The Hall–Kier alpha value is -2.43. The number of fused-ring (bicyclic) bond motifs is 1. The summed E-state index contributed by atoms with van der Waals surface area (Å²) in [6.45, 7) is 2.03. The Labute approximate surface area is 103 Å². The average molecular weight is 245 g/mol. The van der Waals surface area contributed by atoms with Crippen LogP contribution in [0.5, 0.6) is 5.75 Å². The van der Waals surface area contributed by atoms with Gasteiger partial charge >= 0.3 is 5.97 Å². The number of ether oxygens (including phenoxy) is 1. The molecule has 0 aromatic heterocycles. The zero-order valence-electron chi connectivity index (χ0n) is 9.71. The van der Waals surface area contributed by atoms with Crippen LogP contribution in [0.15, 0.2) is 35.5 Å². The van der Waals surface area contributed by atoms with Crippen molar-refractivity contribution in [2.75, 3.05) is 6.61 Å². The van der Waals surface area contributed by atoms with E-state index in [2.05, 4.69) is 5.18 Å². The van der Waals surface area contributed by atoms with Crippen LogP contribution >= 0.6 is 0 Å². The van der Waals surface area contributed by atoms with Gasteiger partial charge in [-0.2, -0.15) is 0 Å². The van der Waals surface area contributed by atoms with E-state index in [1.807, 2.05) is 0 Å². The van der Waals surface area contributed by atoms with Crippen molar-refractivity contribution < 1.29 is 14.6 Å². The molecule has 2 aromatic carbocycles. The third-order valence-electron chi connectivity index (χ3n) is 2.57. The quantitative estimate of drug-likeness (QED) is 0.665. The summed E-state index contributed by atoms with van der Waals surface area (Å²) in [5.74, 6) is -0.602. The molecule has 0 heterocycles. The third-order valence-corrected chi connectivity index (χ3v) is 2.57. The van der Waals surface area contributed by atoms with E-state index >= 15 is 0 Å². The lowest BCUT2D eigenvalue weighted by Gasteiger charge is -2.05. The van der Waals surface area contributed by atoms with Crippen molar-refractivity contribution in [1.82, 2.24) is 0 Å². The molecule has 5 nitrogen and oxygen atoms in total. The maximum atomic E-state index is 11.6. The van der Waals surface area contributed by atoms with Gasteiger partial charge in [0.2, 0.25) is 0 Å². The minimum Gasteiger partial charge on any atom is -0.506 e. The van der Waals surface area contributed by atoms with Gasteiger partial charge in [-0.1, -0.05) is 12.1 Å². The normalized spacial score (nSPS) is 10.3. The van der Waals surface area contributed by atoms with E-state index < -0.39 is 5.97 Å². The van der Waals surface area contributed by atoms with Crippen molar-refractivity contribution in [3.63, 3.8) is 0 Å². The van der Waals surface area contributed by atoms with E-state index in [1.54, 1.807) is 25.1 Å². The predicted molar refractivity (Wildman–Crippen MR) is 67.0 cm³/mol. The highest BCUT2D eigenvalue weighted by molar-refractivity contribution is 6.00. The molecule has 0 aliphatic heterocycles. The van der Waals surface area contributed by atoms with Gasteiger partial charge in [0.05, 0.1) is 12.2 Å². The highest BCUT2D eigenvalue weighted by Gasteiger charge is 2.11. The first kappa shape index (κ1) is 12.0. The Morgan fingerprint density at radius 1 is 1.33 bits per heavy atom. The summed E-state index contributed by atoms with van der Waals surface area (Å²) in [6.07, 6.45) is 0. The number of nitroso groups, excluding NO2 is 1. The zero-order chi connectivity index (χ0) is 13.1. The molecule has 18 heavy (non-hydrogen) atoms. The van der Waals surface area contributed by atoms with Gasteiger partial charge < -0.3 is 9.84 Å². The van der Waals surface area contributed by atoms with Gasteiger partial charge in [-0.3, -0.25) is 0 Å². The van der Waals surface area contributed by atoms with Crippen molar-refractivity contribution >= 4 is 22.4 Å². The van der Waals surface area contributed by atoms with E-state index in [9.17, 15) is 14.8 Å². The Kier molecular flexibility index (Phi) is 3.23. The Bertz CT molecular complexity index is 622. The molecular weight excluding hydrogens is 234 g/mol. The maximum absolute atomic E-state index is 11.6. The number of carbonyl (C=O) groups excluding carboxylic acids is 1. The molecule has 0 aliphatic carbocycles. The number of benzene rings is 2. The number of rotatable bonds is 3. The molecule has 0 saturated carbocycles. The molecule has 0 saturated heterocycles. The van der Waals surface area contributed by atoms with E-state index in [0.29, 0.717) is 22.9 Å². The molecule has 0 aliphatic rings. The molecule has 0 atom stereocenters. The van der Waals surface area contributed by atoms with Crippen LogP contribution in [0, 0.1) is 4.91 Å². The monoisotopic (exact) mass is 245 g/mol. The Morgan fingerprint density at radius 2 is 2.11 bits per heavy atom. The molecule has 0 unspecified atom stereocenters. The molecule has 0 fully saturated rings. The first-order chi connectivity index (χ1) is 8.67. The maximum Gasteiger partial charge on any atom is 0.338 e. The summed E-state index contributed by atoms with van der Waals surface area (Å²) in [7, 11) is 0. The summed E-state index contributed by atoms with van der Waals surface area (Å²) in [5, 5.41) is 13.4. The van der Waals surface area contributed by atoms with Gasteiger partial charge in [-0.05, 0) is 35.7 Å². The molecule has 2 rings (SSSR count). The van der Waals surface area contributed by atoms with Crippen LogP contribution in [0.25, 0.3) is 10.8 Å². The van der Waals surface area contributed by atoms with Crippen molar-refractivity contribution in [2.45, 2.75) is 6.92 Å². The first-order valence-electron chi connectivity index (χ1n) is 5.43. The zero-order valence-corrected chi connectivity index (χ0v) is 9.71. The van der Waals surface area contributed by atoms with Crippen molar-refractivity contribution in [3.8, 4) is 5.75 Å². The molecule has 0 bridgehead atoms. The topological polar surface area (TPSA) is 76.0 Å². The number of esters is 1. The highest BCUT2D eigenvalue weighted by atomic mass is 16.5. The first-order valence-corrected chi connectivity index (χ1v) is 5.43. The van der Waals surface area contributed by atoms with Gasteiger partial charge in [0, 0.05) is 5.39 Å². The van der Waals surface area contributed by atoms with Crippen LogP contribution in [-0.2, 0) is 4.74 Å². The van der Waals surface area contributed by atoms with Gasteiger partial charge in [0.1, 0.15) is 5.75 Å². The summed E-state index contributed by atoms with van der Waals surface area (Å²) < 4.78 is 4.88. The lowest BCUT2D eigenvalue weighted by atomic mass is 10.0. The molecule has 0 amide bonds. The van der Waals surface area contributed by atoms with Crippen LogP contribution in [0.2, 0.25) is 0 Å². The smallest absolute Gasteiger partial charge is 0.338 e. The van der Waals surface area contributed by atoms with E-state index in [0.717, 1.165) is 0 Å². The Morgan fingerprint density at radius 3 is 2.78 bits per heavy atom. The number of aromatic hydroxyl groups is 1. The van der Waals surface area contributed by atoms with Gasteiger partial charge in [-0.15, -0.1) is 4.91 Å². The molecule has 5 heteroatoms. The summed E-state index contributed by atoms with van der Waals surface area (Å²) in [6, 6.07) is 7.68. The fraction of sp³-hybridized carbons (Fsp3) is 0.154. The molecule has 0 radical (unpaired) electrons. The Balaban J connectivity index is 2.57. The number of hydrogen-bond acceptors (Lipinski definition) is 5. The van der Waals surface area contributed by atoms with Crippen LogP contribution in [0.3, 0.4) is 0 Å². The van der Waals surface area contributed by atoms with Gasteiger partial charge in [-0.25, -0.2) is 4.79 Å². The van der Waals surface area contributed by atoms with Crippen LogP contribution in [0.4, 0.5) is 5.69 Å². The predicted octanol–water partition coefficient (Wildman–Crippen LogP) is 3.12. The molecule has 1 N–H and O–H groups in total. The summed E-state index contributed by atoms with van der Waals surface area (Å²) >= 11 is 0. The number of phenols is 1. The fourth-order valence-electron chi connectivity index (χ4n) is 1.74. The molecule has 0 spiro atoms. The lowest BCUT2D eigenvalue weighted by molar-refractivity contribution is 0.0526. The van der Waals surface area contributed by atoms with E-state index in [1.165, 1.54) is 12.1 Å². The summed E-state index contributed by atoms with van der Waals surface area (Å²) in [5.41, 5.74) is 0.370. The standard InChI is InChI=1S/C13H11NO4/c1-2-18-13(16)9-3-5-10-8(7-9)4-6-11(15)12(10)14-17/h3-7,15H,2H2,1H3. The van der Waals surface area contributed by atoms with Gasteiger partial charge in [0.25, 0.3) is 0 Å². The highest BCUT2D eigenvalue weighted by Crippen LogP contribution is 2.35. The van der Waals surface area contributed by atoms with Crippen molar-refractivity contribution in [3.05, 3.63) is 40.8 Å². The third kappa shape index (κ3) is 2.02. The molecule has 92 valence electrons. The van der Waals surface area contributed by atoms with Gasteiger partial charge in [0.15, 0.2) is 5.69 Å². The van der Waals surface area contributed by atoms with E-state index in [-0.39, 0.29) is 11.4 Å². The SMILES string of the molecule is CCOC(=O)c1ccc2c(N=O)c(O)ccc2c1. The largest absolute Gasteiger partial charge is 0.506 e. The number of hydrogen-bond donors (Lipinski definition) is 1. The second kappa shape index (κ2) is 4.83. The van der Waals surface area contributed by atoms with E-state index in [4.69, 9.17) is 4.74 Å². The minimum atomic E-state index is -0.423. The lowest BCUT2D eigenvalue weighted by Crippen LogP contribution is -2.04. The van der Waals surface area contributed by atoms with Crippen molar-refractivity contribution in [1.29, 1.82) is 0 Å². The van der Waals surface area contributed by atoms with Crippen LogP contribution in [0.1, 0.15) is 17.3 Å². The molecular formula is C13H11NO4. The number of nitrogens with zero attached hydrogens (tertiary/aromatic N) is 1. The fourth-order valence-corrected chi connectivity index (χ4v) is 1.74. The second-order valence-corrected chi connectivity index (χ2v) is 3.68. The second-order valence-electron chi connectivity index (χ2n) is 3.68. The minimum absolute atomic E-state index is 0.0251. The average Bonchev–Trinajstić information content (AvgIpc) is 2.38. The van der Waals surface area contributed by atoms with Crippen LogP contribution in [-0.4, -0.2) is 17.7 Å². The molecule has 2 aromatic rings. The van der Waals surface area contributed by atoms with Crippen LogP contribution < -0.4 is 0 Å².